The molecule has 7 nitrogen and oxygen atoms in total. The Morgan fingerprint density at radius 2 is 1.93 bits per heavy atom. The molecule has 3 aromatic rings. The van der Waals surface area contributed by atoms with Crippen LogP contribution in [-0.2, 0) is 11.3 Å². The van der Waals surface area contributed by atoms with Gasteiger partial charge in [0.1, 0.15) is 5.82 Å². The van der Waals surface area contributed by atoms with E-state index in [-0.39, 0.29) is 17.5 Å². The van der Waals surface area contributed by atoms with Gasteiger partial charge in [0.15, 0.2) is 4.34 Å². The zero-order valence-corrected chi connectivity index (χ0v) is 16.2. The Kier molecular flexibility index (Phi) is 6.74. The molecule has 0 aliphatic rings. The first kappa shape index (κ1) is 19.3. The van der Waals surface area contributed by atoms with E-state index in [1.807, 2.05) is 11.4 Å². The number of carbonyl (C=O) groups excluding carboxylic acids is 2. The molecule has 0 atom stereocenters. The summed E-state index contributed by atoms with van der Waals surface area (Å²) in [4.78, 5) is 23.7. The van der Waals surface area contributed by atoms with Gasteiger partial charge in [-0.1, -0.05) is 35.2 Å². The fourth-order valence-corrected chi connectivity index (χ4v) is 4.08. The van der Waals surface area contributed by atoms with E-state index in [0.717, 1.165) is 10.6 Å². The minimum Gasteiger partial charge on any atom is -0.351 e. The fraction of sp³-hybridized carbons (Fsp3) is 0.125. The second-order valence-electron chi connectivity index (χ2n) is 5.12. The maximum absolute atomic E-state index is 12.8. The van der Waals surface area contributed by atoms with E-state index in [2.05, 4.69) is 26.1 Å². The number of aromatic nitrogens is 2. The molecule has 2 heterocycles. The average molecular weight is 424 g/mol. The van der Waals surface area contributed by atoms with Gasteiger partial charge in [0.25, 0.3) is 0 Å². The van der Waals surface area contributed by atoms with E-state index in [1.165, 1.54) is 46.6 Å². The molecule has 0 saturated carbocycles. The van der Waals surface area contributed by atoms with Crippen LogP contribution in [-0.4, -0.2) is 27.9 Å². The van der Waals surface area contributed by atoms with Gasteiger partial charge in [0.2, 0.25) is 11.0 Å². The zero-order valence-electron chi connectivity index (χ0n) is 13.8. The van der Waals surface area contributed by atoms with Crippen molar-refractivity contribution in [3.63, 3.8) is 0 Å². The number of anilines is 2. The Balaban J connectivity index is 1.40. The van der Waals surface area contributed by atoms with Gasteiger partial charge in [-0.05, 0) is 35.2 Å². The lowest BCUT2D eigenvalue weighted by atomic mass is 10.2. The van der Waals surface area contributed by atoms with Crippen molar-refractivity contribution in [3.05, 3.63) is 53.2 Å². The first-order valence-electron chi connectivity index (χ1n) is 7.67. The van der Waals surface area contributed by atoms with Crippen LogP contribution in [0.4, 0.5) is 19.3 Å². The molecule has 3 rings (SSSR count). The Hall–Kier alpha value is -2.50. The molecule has 2 aromatic heterocycles. The quantitative estimate of drug-likeness (QED) is 0.397. The molecule has 0 unspecified atom stereocenters. The highest BCUT2D eigenvalue weighted by molar-refractivity contribution is 8.01. The van der Waals surface area contributed by atoms with E-state index in [1.54, 1.807) is 18.2 Å². The molecule has 0 spiro atoms. The highest BCUT2D eigenvalue weighted by Crippen LogP contribution is 2.25. The van der Waals surface area contributed by atoms with E-state index in [9.17, 15) is 14.0 Å². The third-order valence-electron chi connectivity index (χ3n) is 3.11. The predicted octanol–water partition coefficient (Wildman–Crippen LogP) is 3.79. The lowest BCUT2D eigenvalue weighted by Crippen LogP contribution is -2.24. The molecule has 1 aromatic carbocycles. The van der Waals surface area contributed by atoms with Crippen molar-refractivity contribution >= 4 is 56.5 Å². The predicted molar refractivity (Wildman–Crippen MR) is 106 cm³/mol. The van der Waals surface area contributed by atoms with Gasteiger partial charge in [-0.25, -0.2) is 9.18 Å². The Bertz CT molecular complexity index is 899. The number of nitrogens with zero attached hydrogens (tertiary/aromatic N) is 2. The normalized spacial score (nSPS) is 10.4. The number of halogens is 1. The van der Waals surface area contributed by atoms with Crippen molar-refractivity contribution in [3.8, 4) is 0 Å². The minimum atomic E-state index is -0.401. The van der Waals surface area contributed by atoms with Crippen molar-refractivity contribution < 1.29 is 14.0 Å². The summed E-state index contributed by atoms with van der Waals surface area (Å²) in [5.74, 6) is -0.327. The Morgan fingerprint density at radius 3 is 2.67 bits per heavy atom. The highest BCUT2D eigenvalue weighted by Gasteiger charge is 2.11. The van der Waals surface area contributed by atoms with Crippen LogP contribution in [0.15, 0.2) is 46.1 Å². The summed E-state index contributed by atoms with van der Waals surface area (Å²) in [5, 5.41) is 18.8. The van der Waals surface area contributed by atoms with E-state index >= 15 is 0 Å². The monoisotopic (exact) mass is 423 g/mol. The van der Waals surface area contributed by atoms with Gasteiger partial charge in [-0.3, -0.25) is 15.4 Å². The van der Waals surface area contributed by atoms with Crippen LogP contribution >= 0.6 is 34.4 Å². The summed E-state index contributed by atoms with van der Waals surface area (Å²) < 4.78 is 13.4. The van der Waals surface area contributed by atoms with E-state index < -0.39 is 6.03 Å². The SMILES string of the molecule is O=C(CSc1nnc(NC(=O)Nc2cccs2)s1)NCc1ccc(F)cc1. The van der Waals surface area contributed by atoms with Crippen LogP contribution in [0.3, 0.4) is 0 Å². The molecule has 0 aliphatic heterocycles. The molecule has 0 bridgehead atoms. The molecule has 140 valence electrons. The number of thiophene rings is 1. The highest BCUT2D eigenvalue weighted by atomic mass is 32.2. The maximum atomic E-state index is 12.8. The first-order valence-corrected chi connectivity index (χ1v) is 10.4. The van der Waals surface area contributed by atoms with Crippen molar-refractivity contribution in [2.45, 2.75) is 10.9 Å². The molecule has 3 N–H and O–H groups in total. The molecular formula is C16H14FN5O2S3. The standard InChI is InChI=1S/C16H14FN5O2S3/c17-11-5-3-10(4-6-11)8-18-12(23)9-26-16-22-21-15(27-16)20-14(24)19-13-2-1-7-25-13/h1-7H,8-9H2,(H,18,23)(H2,19,20,21,24). The van der Waals surface area contributed by atoms with Crippen molar-refractivity contribution in [1.29, 1.82) is 0 Å². The van der Waals surface area contributed by atoms with E-state index in [4.69, 9.17) is 0 Å². The smallest absolute Gasteiger partial charge is 0.326 e. The molecule has 0 radical (unpaired) electrons. The van der Waals surface area contributed by atoms with Crippen LogP contribution in [0.2, 0.25) is 0 Å². The molecular weight excluding hydrogens is 409 g/mol. The van der Waals surface area contributed by atoms with Crippen molar-refractivity contribution in [2.24, 2.45) is 0 Å². The van der Waals surface area contributed by atoms with Gasteiger partial charge in [-0.15, -0.1) is 21.5 Å². The minimum absolute atomic E-state index is 0.164. The third kappa shape index (κ3) is 6.31. The molecule has 0 saturated heterocycles. The van der Waals surface area contributed by atoms with Crippen molar-refractivity contribution in [1.82, 2.24) is 15.5 Å². The van der Waals surface area contributed by atoms with Gasteiger partial charge >= 0.3 is 6.03 Å². The van der Waals surface area contributed by atoms with Crippen molar-refractivity contribution in [2.75, 3.05) is 16.4 Å². The number of rotatable bonds is 7. The maximum Gasteiger partial charge on any atom is 0.326 e. The summed E-state index contributed by atoms with van der Waals surface area (Å²) in [6.45, 7) is 0.325. The summed E-state index contributed by atoms with van der Waals surface area (Å²) in [5.41, 5.74) is 0.814. The molecule has 3 amide bonds. The van der Waals surface area contributed by atoms with E-state index in [0.29, 0.717) is 16.0 Å². The van der Waals surface area contributed by atoms with Crippen LogP contribution in [0, 0.1) is 5.82 Å². The van der Waals surface area contributed by atoms with Crippen LogP contribution in [0.1, 0.15) is 5.56 Å². The molecule has 27 heavy (non-hydrogen) atoms. The Labute approximate surface area is 166 Å². The Morgan fingerprint density at radius 1 is 1.11 bits per heavy atom. The summed E-state index contributed by atoms with van der Waals surface area (Å²) in [7, 11) is 0. The fourth-order valence-electron chi connectivity index (χ4n) is 1.89. The lowest BCUT2D eigenvalue weighted by Gasteiger charge is -2.04. The third-order valence-corrected chi connectivity index (χ3v) is 5.87. The topological polar surface area (TPSA) is 96.0 Å². The first-order chi connectivity index (χ1) is 13.1. The largest absolute Gasteiger partial charge is 0.351 e. The molecule has 11 heteroatoms. The number of hydrogen-bond acceptors (Lipinski definition) is 7. The number of thioether (sulfide) groups is 1. The van der Waals surface area contributed by atoms with Gasteiger partial charge in [0, 0.05) is 6.54 Å². The second kappa shape index (κ2) is 9.44. The lowest BCUT2D eigenvalue weighted by molar-refractivity contribution is -0.118. The molecule has 0 aliphatic carbocycles. The number of nitrogens with one attached hydrogen (secondary N) is 3. The number of hydrogen-bond donors (Lipinski definition) is 3. The van der Waals surface area contributed by atoms with Gasteiger partial charge < -0.3 is 5.32 Å². The number of carbonyl (C=O) groups is 2. The zero-order chi connectivity index (χ0) is 19.1. The average Bonchev–Trinajstić information content (AvgIpc) is 3.31. The van der Waals surface area contributed by atoms with Crippen LogP contribution < -0.4 is 16.0 Å². The van der Waals surface area contributed by atoms with Gasteiger partial charge in [0.05, 0.1) is 10.8 Å². The van der Waals surface area contributed by atoms with Crippen LogP contribution in [0.5, 0.6) is 0 Å². The number of benzene rings is 1. The molecule has 0 fully saturated rings. The number of amides is 3. The summed E-state index contributed by atoms with van der Waals surface area (Å²) >= 11 is 3.82. The summed E-state index contributed by atoms with van der Waals surface area (Å²) in [6, 6.07) is 9.15. The summed E-state index contributed by atoms with van der Waals surface area (Å²) in [6.07, 6.45) is 0. The second-order valence-corrected chi connectivity index (χ2v) is 8.27. The van der Waals surface area contributed by atoms with Gasteiger partial charge in [-0.2, -0.15) is 0 Å². The number of urea groups is 1. The van der Waals surface area contributed by atoms with Crippen LogP contribution in [0.25, 0.3) is 0 Å².